The number of hydrogen-bond donors (Lipinski definition) is 1. The van der Waals surface area contributed by atoms with Crippen molar-refractivity contribution in [3.63, 3.8) is 0 Å². The largest absolute Gasteiger partial charge is 0.382 e. The topological polar surface area (TPSA) is 119 Å². The molecular formula is C28H40Cl2N8O3S. The van der Waals surface area contributed by atoms with Crippen LogP contribution < -0.4 is 10.6 Å². The molecule has 3 aliphatic heterocycles. The average Bonchev–Trinajstić information content (AvgIpc) is 2.98. The normalized spacial score (nSPS) is 22.0. The molecule has 0 unspecified atom stereocenters. The highest BCUT2D eigenvalue weighted by atomic mass is 35.5. The minimum atomic E-state index is -3.30. The Morgan fingerprint density at radius 3 is 2.26 bits per heavy atom. The number of halogens is 2. The predicted octanol–water partition coefficient (Wildman–Crippen LogP) is 2.65. The third kappa shape index (κ3) is 7.11. The van der Waals surface area contributed by atoms with Crippen LogP contribution in [-0.2, 0) is 16.6 Å². The number of aromatic nitrogens is 2. The number of anilines is 2. The van der Waals surface area contributed by atoms with Crippen LogP contribution in [-0.4, -0.2) is 121 Å². The summed E-state index contributed by atoms with van der Waals surface area (Å²) >= 11 is 12.7. The maximum absolute atomic E-state index is 13.2. The first-order valence-corrected chi connectivity index (χ1v) is 17.2. The van der Waals surface area contributed by atoms with Crippen LogP contribution in [0.3, 0.4) is 0 Å². The monoisotopic (exact) mass is 638 g/mol. The van der Waals surface area contributed by atoms with Gasteiger partial charge in [0.25, 0.3) is 5.91 Å². The lowest BCUT2D eigenvalue weighted by Gasteiger charge is -2.47. The van der Waals surface area contributed by atoms with Crippen LogP contribution >= 0.6 is 23.2 Å². The van der Waals surface area contributed by atoms with E-state index in [9.17, 15) is 13.2 Å². The van der Waals surface area contributed by atoms with E-state index in [-0.39, 0.29) is 48.8 Å². The highest BCUT2D eigenvalue weighted by molar-refractivity contribution is 7.88. The fraction of sp³-hybridized carbons (Fsp3) is 0.607. The van der Waals surface area contributed by atoms with Crippen molar-refractivity contribution in [2.75, 3.05) is 75.8 Å². The van der Waals surface area contributed by atoms with E-state index in [1.54, 1.807) is 4.90 Å². The van der Waals surface area contributed by atoms with Gasteiger partial charge in [-0.15, -0.1) is 0 Å². The number of sulfonamides is 1. The zero-order valence-electron chi connectivity index (χ0n) is 24.3. The molecule has 1 atom stereocenters. The number of rotatable bonds is 7. The van der Waals surface area contributed by atoms with Crippen LogP contribution in [0.25, 0.3) is 0 Å². The number of piperazine rings is 2. The third-order valence-corrected chi connectivity index (χ3v) is 10.5. The lowest BCUT2D eigenvalue weighted by Crippen LogP contribution is -2.58. The van der Waals surface area contributed by atoms with Crippen LogP contribution in [0.2, 0.25) is 10.2 Å². The Hall–Kier alpha value is -2.22. The molecule has 3 aliphatic rings. The van der Waals surface area contributed by atoms with Gasteiger partial charge in [0, 0.05) is 69.5 Å². The lowest BCUT2D eigenvalue weighted by atomic mass is 9.98. The second-order valence-electron chi connectivity index (χ2n) is 11.4. The Bertz CT molecular complexity index is 1360. The quantitative estimate of drug-likeness (QED) is 0.488. The summed E-state index contributed by atoms with van der Waals surface area (Å²) in [5, 5.41) is 0.921. The maximum atomic E-state index is 13.2. The van der Waals surface area contributed by atoms with E-state index < -0.39 is 10.0 Å². The molecule has 4 heterocycles. The number of carbonyl (C=O) groups is 1. The molecule has 14 heteroatoms. The summed E-state index contributed by atoms with van der Waals surface area (Å²) in [6.07, 6.45) is 4.43. The molecule has 0 radical (unpaired) electrons. The van der Waals surface area contributed by atoms with Crippen molar-refractivity contribution in [1.82, 2.24) is 29.0 Å². The SMILES string of the molecule is CC[C@H]1CN(c2nc(N)c(C(=O)N3CCN(S(C)(=O)=O)CC3)nc2Cl)CCN1C1CCN(Cc2ccc(Cl)cc2)CC1. The minimum absolute atomic E-state index is 0.00703. The Kier molecular flexibility index (Phi) is 9.80. The van der Waals surface area contributed by atoms with Crippen molar-refractivity contribution in [3.05, 3.63) is 45.7 Å². The number of nitrogen functional groups attached to an aromatic ring is 1. The van der Waals surface area contributed by atoms with E-state index in [0.717, 1.165) is 63.6 Å². The van der Waals surface area contributed by atoms with Crippen LogP contribution in [0, 0.1) is 0 Å². The van der Waals surface area contributed by atoms with Gasteiger partial charge in [0.15, 0.2) is 22.5 Å². The molecule has 0 bridgehead atoms. The van der Waals surface area contributed by atoms with E-state index in [1.165, 1.54) is 16.1 Å². The second-order valence-corrected chi connectivity index (χ2v) is 14.2. The van der Waals surface area contributed by atoms with Crippen molar-refractivity contribution in [2.45, 2.75) is 44.8 Å². The van der Waals surface area contributed by atoms with Crippen molar-refractivity contribution >= 4 is 50.8 Å². The number of nitrogens with zero attached hydrogens (tertiary/aromatic N) is 7. The lowest BCUT2D eigenvalue weighted by molar-refractivity contribution is 0.0610. The number of nitrogens with two attached hydrogens (primary N) is 1. The molecule has 230 valence electrons. The summed E-state index contributed by atoms with van der Waals surface area (Å²) in [5.74, 6) is 0.150. The zero-order chi connectivity index (χ0) is 30.0. The smallest absolute Gasteiger partial charge is 0.276 e. The second kappa shape index (κ2) is 13.2. The van der Waals surface area contributed by atoms with Crippen LogP contribution in [0.5, 0.6) is 0 Å². The molecule has 42 heavy (non-hydrogen) atoms. The summed E-state index contributed by atoms with van der Waals surface area (Å²) < 4.78 is 25.0. The first-order valence-electron chi connectivity index (χ1n) is 14.6. The van der Waals surface area contributed by atoms with Gasteiger partial charge < -0.3 is 15.5 Å². The fourth-order valence-corrected chi connectivity index (χ4v) is 7.51. The van der Waals surface area contributed by atoms with Crippen molar-refractivity contribution < 1.29 is 13.2 Å². The molecule has 11 nitrogen and oxygen atoms in total. The van der Waals surface area contributed by atoms with Crippen molar-refractivity contribution in [2.24, 2.45) is 0 Å². The molecule has 1 amide bonds. The number of hydrogen-bond acceptors (Lipinski definition) is 9. The molecule has 2 aromatic rings. The van der Waals surface area contributed by atoms with Crippen LogP contribution in [0.15, 0.2) is 24.3 Å². The Labute approximate surface area is 258 Å². The number of benzene rings is 1. The molecule has 1 aromatic carbocycles. The number of piperidine rings is 1. The molecule has 2 N–H and O–H groups in total. The zero-order valence-corrected chi connectivity index (χ0v) is 26.6. The van der Waals surface area contributed by atoms with Crippen LogP contribution in [0.1, 0.15) is 42.2 Å². The highest BCUT2D eigenvalue weighted by Gasteiger charge is 2.35. The van der Waals surface area contributed by atoms with Gasteiger partial charge in [-0.1, -0.05) is 42.3 Å². The van der Waals surface area contributed by atoms with Gasteiger partial charge in [-0.05, 0) is 50.0 Å². The highest BCUT2D eigenvalue weighted by Crippen LogP contribution is 2.30. The number of carbonyl (C=O) groups excluding carboxylic acids is 1. The van der Waals surface area contributed by atoms with E-state index >= 15 is 0 Å². The predicted molar refractivity (Wildman–Crippen MR) is 167 cm³/mol. The van der Waals surface area contributed by atoms with E-state index in [1.807, 2.05) is 12.1 Å². The summed E-state index contributed by atoms with van der Waals surface area (Å²) in [7, 11) is -3.30. The summed E-state index contributed by atoms with van der Waals surface area (Å²) in [6, 6.07) is 8.99. The van der Waals surface area contributed by atoms with Gasteiger partial charge in [-0.2, -0.15) is 4.31 Å². The average molecular weight is 640 g/mol. The molecule has 3 saturated heterocycles. The van der Waals surface area contributed by atoms with E-state index in [4.69, 9.17) is 28.9 Å². The van der Waals surface area contributed by atoms with Gasteiger partial charge >= 0.3 is 0 Å². The summed E-state index contributed by atoms with van der Waals surface area (Å²) in [5.41, 5.74) is 7.55. The van der Waals surface area contributed by atoms with E-state index in [2.05, 4.69) is 43.7 Å². The van der Waals surface area contributed by atoms with Crippen LogP contribution in [0.4, 0.5) is 11.6 Å². The summed E-state index contributed by atoms with van der Waals surface area (Å²) in [4.78, 5) is 30.9. The molecular weight excluding hydrogens is 599 g/mol. The van der Waals surface area contributed by atoms with Gasteiger partial charge in [0.05, 0.1) is 6.26 Å². The first-order chi connectivity index (χ1) is 20.0. The summed E-state index contributed by atoms with van der Waals surface area (Å²) in [6.45, 7) is 8.66. The minimum Gasteiger partial charge on any atom is -0.382 e. The number of likely N-dealkylation sites (tertiary alicyclic amines) is 1. The molecule has 1 aromatic heterocycles. The van der Waals surface area contributed by atoms with Gasteiger partial charge in [0.1, 0.15) is 0 Å². The maximum Gasteiger partial charge on any atom is 0.276 e. The Morgan fingerprint density at radius 2 is 1.64 bits per heavy atom. The molecule has 0 spiro atoms. The van der Waals surface area contributed by atoms with Crippen molar-refractivity contribution in [1.29, 1.82) is 0 Å². The standard InChI is InChI=1S/C28H40Cl2N8O3S/c1-3-22-19-36(14-17-38(22)23-8-10-34(11-9-23)18-20-4-6-21(29)7-5-20)27-25(30)32-24(26(31)33-27)28(39)35-12-15-37(16-13-35)42(2,40)41/h4-7,22-23H,3,8-19H2,1-2H3,(H2,31,33)/t22-/m0/s1. The molecule has 5 rings (SSSR count). The number of amides is 1. The molecule has 0 aliphatic carbocycles. The molecule has 3 fully saturated rings. The van der Waals surface area contributed by atoms with Gasteiger partial charge in [-0.25, -0.2) is 18.4 Å². The Balaban J connectivity index is 1.18. The fourth-order valence-electron chi connectivity index (χ4n) is 6.31. The third-order valence-electron chi connectivity index (χ3n) is 8.71. The van der Waals surface area contributed by atoms with E-state index in [0.29, 0.717) is 17.9 Å². The van der Waals surface area contributed by atoms with Crippen molar-refractivity contribution in [3.8, 4) is 0 Å². The van der Waals surface area contributed by atoms with Gasteiger partial charge in [-0.3, -0.25) is 14.6 Å². The Morgan fingerprint density at radius 1 is 0.976 bits per heavy atom. The molecule has 0 saturated carbocycles. The first kappa shape index (κ1) is 31.2. The van der Waals surface area contributed by atoms with Gasteiger partial charge in [0.2, 0.25) is 10.0 Å².